The molecule has 1 aliphatic carbocycles. The maximum Gasteiger partial charge on any atom is 0.128 e. The van der Waals surface area contributed by atoms with Crippen LogP contribution in [0.5, 0.6) is 11.5 Å². The van der Waals surface area contributed by atoms with Gasteiger partial charge in [-0.05, 0) is 30.4 Å². The molecule has 1 aromatic carbocycles. The second-order valence-corrected chi connectivity index (χ2v) is 5.37. The van der Waals surface area contributed by atoms with E-state index in [1.54, 1.807) is 14.2 Å². The lowest BCUT2D eigenvalue weighted by atomic mass is 9.79. The van der Waals surface area contributed by atoms with Crippen LogP contribution in [-0.4, -0.2) is 19.3 Å². The van der Waals surface area contributed by atoms with Crippen LogP contribution in [0.1, 0.15) is 44.3 Å². The maximum atomic E-state index is 10.6. The van der Waals surface area contributed by atoms with Crippen molar-refractivity contribution in [3.63, 3.8) is 0 Å². The molecule has 0 bridgehead atoms. The van der Waals surface area contributed by atoms with E-state index < -0.39 is 6.10 Å². The second-order valence-electron chi connectivity index (χ2n) is 5.37. The fourth-order valence-electron chi connectivity index (χ4n) is 2.88. The Morgan fingerprint density at radius 2 is 1.83 bits per heavy atom. The van der Waals surface area contributed by atoms with E-state index in [0.717, 1.165) is 24.2 Å². The lowest BCUT2D eigenvalue weighted by Crippen LogP contribution is -2.22. The van der Waals surface area contributed by atoms with Crippen molar-refractivity contribution in [1.82, 2.24) is 0 Å². The minimum Gasteiger partial charge on any atom is -0.497 e. The highest BCUT2D eigenvalue weighted by Gasteiger charge is 2.38. The minimum absolute atomic E-state index is 0.0259. The molecule has 1 N–H and O–H groups in total. The van der Waals surface area contributed by atoms with Gasteiger partial charge in [-0.3, -0.25) is 0 Å². The predicted octanol–water partition coefficient (Wildman–Crippen LogP) is 3.32. The van der Waals surface area contributed by atoms with Crippen LogP contribution in [-0.2, 0) is 0 Å². The van der Waals surface area contributed by atoms with Gasteiger partial charge < -0.3 is 14.6 Å². The van der Waals surface area contributed by atoms with Crippen molar-refractivity contribution in [2.45, 2.75) is 38.7 Å². The molecule has 1 saturated carbocycles. The summed E-state index contributed by atoms with van der Waals surface area (Å²) in [6.07, 6.45) is 4.07. The van der Waals surface area contributed by atoms with Crippen molar-refractivity contribution in [3.05, 3.63) is 23.8 Å². The van der Waals surface area contributed by atoms with E-state index >= 15 is 0 Å². The van der Waals surface area contributed by atoms with Gasteiger partial charge >= 0.3 is 0 Å². The average Bonchev–Trinajstić information content (AvgIpc) is 2.85. The molecule has 1 aliphatic rings. The molecule has 0 aliphatic heterocycles. The fourth-order valence-corrected chi connectivity index (χ4v) is 2.88. The summed E-state index contributed by atoms with van der Waals surface area (Å²) in [6, 6.07) is 5.61. The summed E-state index contributed by atoms with van der Waals surface area (Å²) in [4.78, 5) is 0. The lowest BCUT2D eigenvalue weighted by molar-refractivity contribution is 0.0388. The van der Waals surface area contributed by atoms with Gasteiger partial charge in [0, 0.05) is 11.6 Å². The third-order valence-corrected chi connectivity index (χ3v) is 4.14. The molecule has 1 aromatic rings. The van der Waals surface area contributed by atoms with Gasteiger partial charge in [0.25, 0.3) is 0 Å². The van der Waals surface area contributed by atoms with Gasteiger partial charge in [-0.2, -0.15) is 0 Å². The number of rotatable bonds is 4. The Bertz CT molecular complexity index is 408. The summed E-state index contributed by atoms with van der Waals surface area (Å²) >= 11 is 0. The Balaban J connectivity index is 2.32. The number of methoxy groups -OCH3 is 2. The van der Waals surface area contributed by atoms with Crippen molar-refractivity contribution < 1.29 is 14.6 Å². The number of aliphatic hydroxyl groups excluding tert-OH is 1. The summed E-state index contributed by atoms with van der Waals surface area (Å²) in [5, 5.41) is 10.6. The van der Waals surface area contributed by atoms with E-state index in [-0.39, 0.29) is 5.41 Å². The van der Waals surface area contributed by atoms with Crippen LogP contribution < -0.4 is 9.47 Å². The van der Waals surface area contributed by atoms with Crippen molar-refractivity contribution in [1.29, 1.82) is 0 Å². The van der Waals surface area contributed by atoms with Crippen LogP contribution in [0.4, 0.5) is 0 Å². The molecule has 1 unspecified atom stereocenters. The number of hydrogen-bond acceptors (Lipinski definition) is 3. The molecule has 1 atom stereocenters. The van der Waals surface area contributed by atoms with Gasteiger partial charge in [-0.15, -0.1) is 0 Å². The smallest absolute Gasteiger partial charge is 0.128 e. The Morgan fingerprint density at radius 3 is 2.39 bits per heavy atom. The molecule has 0 amide bonds. The second kappa shape index (κ2) is 5.19. The zero-order valence-electron chi connectivity index (χ0n) is 11.4. The Hall–Kier alpha value is -1.22. The molecule has 0 radical (unpaired) electrons. The van der Waals surface area contributed by atoms with Crippen molar-refractivity contribution in [2.75, 3.05) is 14.2 Å². The zero-order chi connectivity index (χ0) is 13.2. The first kappa shape index (κ1) is 13.2. The normalized spacial score (nSPS) is 19.6. The van der Waals surface area contributed by atoms with Gasteiger partial charge in [-0.1, -0.05) is 19.8 Å². The molecule has 0 heterocycles. The summed E-state index contributed by atoms with van der Waals surface area (Å²) in [6.45, 7) is 2.16. The van der Waals surface area contributed by atoms with Crippen LogP contribution in [0.15, 0.2) is 18.2 Å². The van der Waals surface area contributed by atoms with E-state index in [9.17, 15) is 5.11 Å². The van der Waals surface area contributed by atoms with Gasteiger partial charge in [0.1, 0.15) is 11.5 Å². The van der Waals surface area contributed by atoms with Crippen LogP contribution >= 0.6 is 0 Å². The van der Waals surface area contributed by atoms with Gasteiger partial charge in [0.15, 0.2) is 0 Å². The maximum absolute atomic E-state index is 10.6. The van der Waals surface area contributed by atoms with Crippen LogP contribution in [0.2, 0.25) is 0 Å². The highest BCUT2D eigenvalue weighted by molar-refractivity contribution is 5.42. The molecule has 1 fully saturated rings. The first-order chi connectivity index (χ1) is 8.60. The highest BCUT2D eigenvalue weighted by Crippen LogP contribution is 2.49. The third kappa shape index (κ3) is 2.32. The number of ether oxygens (including phenoxy) is 2. The molecule has 2 rings (SSSR count). The van der Waals surface area contributed by atoms with E-state index in [2.05, 4.69) is 6.92 Å². The largest absolute Gasteiger partial charge is 0.497 e. The zero-order valence-corrected chi connectivity index (χ0v) is 11.4. The van der Waals surface area contributed by atoms with E-state index in [4.69, 9.17) is 9.47 Å². The lowest BCUT2D eigenvalue weighted by Gasteiger charge is -2.31. The average molecular weight is 250 g/mol. The molecular weight excluding hydrogens is 228 g/mol. The Morgan fingerprint density at radius 1 is 1.17 bits per heavy atom. The van der Waals surface area contributed by atoms with Crippen molar-refractivity contribution >= 4 is 0 Å². The monoisotopic (exact) mass is 250 g/mol. The third-order valence-electron chi connectivity index (χ3n) is 4.14. The molecule has 0 spiro atoms. The Labute approximate surface area is 109 Å². The first-order valence-corrected chi connectivity index (χ1v) is 6.51. The summed E-state index contributed by atoms with van der Waals surface area (Å²) in [5.74, 6) is 1.45. The number of hydrogen-bond donors (Lipinski definition) is 1. The van der Waals surface area contributed by atoms with Gasteiger partial charge in [0.2, 0.25) is 0 Å². The molecule has 0 saturated heterocycles. The topological polar surface area (TPSA) is 38.7 Å². The molecule has 3 nitrogen and oxygen atoms in total. The van der Waals surface area contributed by atoms with Gasteiger partial charge in [-0.25, -0.2) is 0 Å². The van der Waals surface area contributed by atoms with E-state index in [0.29, 0.717) is 5.75 Å². The fraction of sp³-hybridized carbons (Fsp3) is 0.600. The van der Waals surface area contributed by atoms with Crippen LogP contribution in [0, 0.1) is 5.41 Å². The van der Waals surface area contributed by atoms with E-state index in [1.807, 2.05) is 18.2 Å². The first-order valence-electron chi connectivity index (χ1n) is 6.51. The summed E-state index contributed by atoms with van der Waals surface area (Å²) < 4.78 is 10.6. The highest BCUT2D eigenvalue weighted by atomic mass is 16.5. The van der Waals surface area contributed by atoms with Gasteiger partial charge in [0.05, 0.1) is 20.3 Å². The van der Waals surface area contributed by atoms with Crippen LogP contribution in [0.25, 0.3) is 0 Å². The molecule has 0 aromatic heterocycles. The molecular formula is C15H22O3. The Kier molecular flexibility index (Phi) is 3.81. The van der Waals surface area contributed by atoms with E-state index in [1.165, 1.54) is 12.8 Å². The predicted molar refractivity (Wildman–Crippen MR) is 71.1 cm³/mol. The molecule has 100 valence electrons. The minimum atomic E-state index is -0.471. The number of aliphatic hydroxyl groups is 1. The molecule has 3 heteroatoms. The standard InChI is InChI=1S/C15H22O3/c1-15(8-4-5-9-15)14(16)12-7-6-11(17-2)10-13(12)18-3/h6-7,10,14,16H,4-5,8-9H2,1-3H3. The van der Waals surface area contributed by atoms with Crippen LogP contribution in [0.3, 0.4) is 0 Å². The van der Waals surface area contributed by atoms with Crippen molar-refractivity contribution in [2.24, 2.45) is 5.41 Å². The van der Waals surface area contributed by atoms with Crippen molar-refractivity contribution in [3.8, 4) is 11.5 Å². The number of benzene rings is 1. The summed E-state index contributed by atoms with van der Waals surface area (Å²) in [7, 11) is 3.26. The molecule has 18 heavy (non-hydrogen) atoms. The summed E-state index contributed by atoms with van der Waals surface area (Å²) in [5.41, 5.74) is 0.838. The quantitative estimate of drug-likeness (QED) is 0.891. The SMILES string of the molecule is COc1ccc(C(O)C2(C)CCCC2)c(OC)c1.